The van der Waals surface area contributed by atoms with Gasteiger partial charge in [-0.1, -0.05) is 13.8 Å². The summed E-state index contributed by atoms with van der Waals surface area (Å²) in [6.07, 6.45) is 7.41. The lowest BCUT2D eigenvalue weighted by atomic mass is 9.85. The van der Waals surface area contributed by atoms with Gasteiger partial charge < -0.3 is 14.2 Å². The summed E-state index contributed by atoms with van der Waals surface area (Å²) in [6, 6.07) is 0. The van der Waals surface area contributed by atoms with Gasteiger partial charge in [0.1, 0.15) is 12.2 Å². The highest BCUT2D eigenvalue weighted by molar-refractivity contribution is 5.03. The van der Waals surface area contributed by atoms with Crippen molar-refractivity contribution in [3.05, 3.63) is 0 Å². The van der Waals surface area contributed by atoms with Gasteiger partial charge in [-0.05, 0) is 37.5 Å². The molecule has 3 nitrogen and oxygen atoms in total. The minimum absolute atomic E-state index is 0.323. The minimum Gasteiger partial charge on any atom is -0.369 e. The van der Waals surface area contributed by atoms with Crippen molar-refractivity contribution in [2.24, 2.45) is 11.8 Å². The summed E-state index contributed by atoms with van der Waals surface area (Å²) in [5, 5.41) is 0. The SMILES string of the molecule is CC1CCC2OC2C1OC1C(C)CCC2OC21. The van der Waals surface area contributed by atoms with E-state index < -0.39 is 0 Å². The average molecular weight is 238 g/mol. The molecule has 4 fully saturated rings. The molecule has 0 N–H and O–H groups in total. The summed E-state index contributed by atoms with van der Waals surface area (Å²) >= 11 is 0. The van der Waals surface area contributed by atoms with Crippen LogP contribution in [-0.4, -0.2) is 36.6 Å². The first kappa shape index (κ1) is 10.8. The van der Waals surface area contributed by atoms with E-state index in [4.69, 9.17) is 14.2 Å². The molecule has 0 bridgehead atoms. The molecule has 8 unspecified atom stereocenters. The standard InChI is InChI=1S/C14H22O3/c1-7-3-5-9-13(15-9)11(7)17-12-8(2)4-6-10-14(12)16-10/h7-14H,3-6H2,1-2H3. The topological polar surface area (TPSA) is 34.3 Å². The van der Waals surface area contributed by atoms with Gasteiger partial charge in [0.05, 0.1) is 24.4 Å². The van der Waals surface area contributed by atoms with Crippen LogP contribution in [0.15, 0.2) is 0 Å². The summed E-state index contributed by atoms with van der Waals surface area (Å²) < 4.78 is 17.9. The molecule has 2 saturated heterocycles. The molecule has 2 heterocycles. The van der Waals surface area contributed by atoms with Crippen LogP contribution in [0.2, 0.25) is 0 Å². The number of fused-ring (bicyclic) bond motifs is 2. The fourth-order valence-electron chi connectivity index (χ4n) is 3.79. The smallest absolute Gasteiger partial charge is 0.110 e. The summed E-state index contributed by atoms with van der Waals surface area (Å²) in [5.74, 6) is 1.29. The van der Waals surface area contributed by atoms with Crippen molar-refractivity contribution in [3.63, 3.8) is 0 Å². The average Bonchev–Trinajstić information content (AvgIpc) is 3.17. The third-order valence-corrected chi connectivity index (χ3v) is 5.14. The Kier molecular flexibility index (Phi) is 2.34. The Bertz CT molecular complexity index is 285. The van der Waals surface area contributed by atoms with E-state index >= 15 is 0 Å². The number of hydrogen-bond acceptors (Lipinski definition) is 3. The van der Waals surface area contributed by atoms with Crippen molar-refractivity contribution < 1.29 is 14.2 Å². The first-order chi connectivity index (χ1) is 8.24. The van der Waals surface area contributed by atoms with Crippen LogP contribution in [0.25, 0.3) is 0 Å². The zero-order valence-electron chi connectivity index (χ0n) is 10.7. The highest BCUT2D eigenvalue weighted by Gasteiger charge is 2.56. The van der Waals surface area contributed by atoms with E-state index in [2.05, 4.69) is 13.8 Å². The predicted octanol–water partition coefficient (Wildman–Crippen LogP) is 2.13. The van der Waals surface area contributed by atoms with E-state index in [1.54, 1.807) is 0 Å². The van der Waals surface area contributed by atoms with E-state index in [0.717, 1.165) is 0 Å². The van der Waals surface area contributed by atoms with Crippen LogP contribution in [0.3, 0.4) is 0 Å². The maximum Gasteiger partial charge on any atom is 0.110 e. The molecule has 0 amide bonds. The van der Waals surface area contributed by atoms with Gasteiger partial charge in [-0.2, -0.15) is 0 Å². The largest absolute Gasteiger partial charge is 0.369 e. The molecule has 3 heteroatoms. The Morgan fingerprint density at radius 1 is 0.765 bits per heavy atom. The van der Waals surface area contributed by atoms with Crippen LogP contribution in [-0.2, 0) is 14.2 Å². The second kappa shape index (κ2) is 3.69. The number of rotatable bonds is 2. The zero-order chi connectivity index (χ0) is 11.6. The normalized spacial score (nSPS) is 60.4. The van der Waals surface area contributed by atoms with Crippen LogP contribution >= 0.6 is 0 Å². The Labute approximate surface area is 103 Å². The fourth-order valence-corrected chi connectivity index (χ4v) is 3.79. The lowest BCUT2D eigenvalue weighted by Crippen LogP contribution is -2.42. The van der Waals surface area contributed by atoms with Crippen molar-refractivity contribution in [1.29, 1.82) is 0 Å². The van der Waals surface area contributed by atoms with E-state index in [9.17, 15) is 0 Å². The van der Waals surface area contributed by atoms with Crippen LogP contribution in [0, 0.1) is 11.8 Å². The Morgan fingerprint density at radius 3 is 1.71 bits per heavy atom. The van der Waals surface area contributed by atoms with Gasteiger partial charge in [-0.3, -0.25) is 0 Å². The van der Waals surface area contributed by atoms with Crippen LogP contribution in [0.1, 0.15) is 39.5 Å². The van der Waals surface area contributed by atoms with Crippen molar-refractivity contribution in [1.82, 2.24) is 0 Å². The highest BCUT2D eigenvalue weighted by atomic mass is 16.6. The van der Waals surface area contributed by atoms with Gasteiger partial charge in [0.2, 0.25) is 0 Å². The van der Waals surface area contributed by atoms with E-state index in [1.165, 1.54) is 25.7 Å². The fraction of sp³-hybridized carbons (Fsp3) is 1.00. The van der Waals surface area contributed by atoms with Gasteiger partial charge in [0.25, 0.3) is 0 Å². The predicted molar refractivity (Wildman–Crippen MR) is 62.8 cm³/mol. The van der Waals surface area contributed by atoms with Crippen LogP contribution in [0.5, 0.6) is 0 Å². The zero-order valence-corrected chi connectivity index (χ0v) is 10.7. The molecule has 8 atom stereocenters. The lowest BCUT2D eigenvalue weighted by Gasteiger charge is -2.34. The number of hydrogen-bond donors (Lipinski definition) is 0. The van der Waals surface area contributed by atoms with E-state index in [-0.39, 0.29) is 0 Å². The summed E-state index contributed by atoms with van der Waals surface area (Å²) in [6.45, 7) is 4.61. The van der Waals surface area contributed by atoms with Crippen LogP contribution in [0.4, 0.5) is 0 Å². The van der Waals surface area contributed by atoms with Gasteiger partial charge in [-0.15, -0.1) is 0 Å². The molecule has 0 aromatic heterocycles. The molecule has 4 aliphatic rings. The first-order valence-corrected chi connectivity index (χ1v) is 7.20. The van der Waals surface area contributed by atoms with Gasteiger partial charge in [0.15, 0.2) is 0 Å². The summed E-state index contributed by atoms with van der Waals surface area (Å²) in [4.78, 5) is 0. The molecule has 96 valence electrons. The van der Waals surface area contributed by atoms with Crippen molar-refractivity contribution in [2.45, 2.75) is 76.2 Å². The summed E-state index contributed by atoms with van der Waals surface area (Å²) in [7, 11) is 0. The van der Waals surface area contributed by atoms with Gasteiger partial charge >= 0.3 is 0 Å². The van der Waals surface area contributed by atoms with Crippen molar-refractivity contribution in [3.8, 4) is 0 Å². The molecule has 2 aliphatic carbocycles. The molecule has 2 saturated carbocycles. The monoisotopic (exact) mass is 238 g/mol. The quantitative estimate of drug-likeness (QED) is 0.691. The Morgan fingerprint density at radius 2 is 1.24 bits per heavy atom. The van der Waals surface area contributed by atoms with E-state index in [0.29, 0.717) is 48.5 Å². The van der Waals surface area contributed by atoms with Gasteiger partial charge in [0, 0.05) is 0 Å². The molecule has 0 spiro atoms. The highest BCUT2D eigenvalue weighted by Crippen LogP contribution is 2.46. The second-order valence-corrected chi connectivity index (χ2v) is 6.45. The van der Waals surface area contributed by atoms with Crippen molar-refractivity contribution >= 4 is 0 Å². The van der Waals surface area contributed by atoms with Gasteiger partial charge in [-0.25, -0.2) is 0 Å². The molecular weight excluding hydrogens is 216 g/mol. The number of epoxide rings is 2. The Balaban J connectivity index is 1.45. The molecule has 2 aliphatic heterocycles. The second-order valence-electron chi connectivity index (χ2n) is 6.45. The first-order valence-electron chi connectivity index (χ1n) is 7.20. The molecular formula is C14H22O3. The lowest BCUT2D eigenvalue weighted by molar-refractivity contribution is -0.0902. The third kappa shape index (κ3) is 1.74. The molecule has 17 heavy (non-hydrogen) atoms. The molecule has 0 aromatic carbocycles. The maximum atomic E-state index is 6.41. The maximum absolute atomic E-state index is 6.41. The molecule has 4 rings (SSSR count). The Hall–Kier alpha value is -0.120. The van der Waals surface area contributed by atoms with Crippen LogP contribution < -0.4 is 0 Å². The van der Waals surface area contributed by atoms with Crippen molar-refractivity contribution in [2.75, 3.05) is 0 Å². The summed E-state index contributed by atoms with van der Waals surface area (Å²) in [5.41, 5.74) is 0. The third-order valence-electron chi connectivity index (χ3n) is 5.14. The minimum atomic E-state index is 0.323. The molecule has 0 radical (unpaired) electrons. The molecule has 0 aromatic rings. The number of ether oxygens (including phenoxy) is 3. The van der Waals surface area contributed by atoms with E-state index in [1.807, 2.05) is 0 Å².